The van der Waals surface area contributed by atoms with Crippen LogP contribution in [0.3, 0.4) is 0 Å². The Morgan fingerprint density at radius 1 is 0.963 bits per heavy atom. The molecule has 0 spiro atoms. The molecule has 0 aliphatic carbocycles. The highest BCUT2D eigenvalue weighted by atomic mass is 16.2. The fraction of sp³-hybridized carbons (Fsp3) is 0.217. The Morgan fingerprint density at radius 2 is 1.74 bits per heavy atom. The number of fused-ring (bicyclic) bond motifs is 1. The molecule has 136 valence electrons. The van der Waals surface area contributed by atoms with Gasteiger partial charge in [0, 0.05) is 19.6 Å². The normalized spacial score (nSPS) is 13.1. The lowest BCUT2D eigenvalue weighted by Crippen LogP contribution is -2.36. The van der Waals surface area contributed by atoms with E-state index in [2.05, 4.69) is 52.8 Å². The van der Waals surface area contributed by atoms with E-state index in [-0.39, 0.29) is 5.91 Å². The summed E-state index contributed by atoms with van der Waals surface area (Å²) in [7, 11) is 0. The van der Waals surface area contributed by atoms with Crippen LogP contribution in [0.1, 0.15) is 27.2 Å². The molecule has 1 amide bonds. The van der Waals surface area contributed by atoms with E-state index in [1.54, 1.807) is 6.20 Å². The van der Waals surface area contributed by atoms with Crippen LogP contribution in [0.4, 0.5) is 5.69 Å². The Bertz CT molecular complexity index is 906. The van der Waals surface area contributed by atoms with Gasteiger partial charge in [-0.2, -0.15) is 0 Å². The number of carbonyl (C=O) groups excluding carboxylic acids is 1. The predicted octanol–water partition coefficient (Wildman–Crippen LogP) is 3.93. The van der Waals surface area contributed by atoms with E-state index in [1.807, 2.05) is 29.2 Å². The van der Waals surface area contributed by atoms with Crippen LogP contribution in [0.2, 0.25) is 0 Å². The number of rotatable bonds is 5. The zero-order chi connectivity index (χ0) is 18.5. The van der Waals surface area contributed by atoms with E-state index in [9.17, 15) is 4.79 Å². The minimum absolute atomic E-state index is 0.000314. The van der Waals surface area contributed by atoms with E-state index >= 15 is 0 Å². The molecule has 4 nitrogen and oxygen atoms in total. The smallest absolute Gasteiger partial charge is 0.272 e. The maximum absolute atomic E-state index is 12.8. The number of hydrogen-bond acceptors (Lipinski definition) is 3. The largest absolute Gasteiger partial charge is 0.383 e. The molecule has 1 aliphatic rings. The van der Waals surface area contributed by atoms with Gasteiger partial charge in [0.15, 0.2) is 0 Å². The minimum Gasteiger partial charge on any atom is -0.383 e. The van der Waals surface area contributed by atoms with Gasteiger partial charge in [-0.15, -0.1) is 0 Å². The van der Waals surface area contributed by atoms with Crippen molar-refractivity contribution in [2.45, 2.75) is 19.4 Å². The summed E-state index contributed by atoms with van der Waals surface area (Å²) in [5.74, 6) is 0.000314. The Balaban J connectivity index is 1.34. The summed E-state index contributed by atoms with van der Waals surface area (Å²) in [5, 5.41) is 3.36. The highest BCUT2D eigenvalue weighted by molar-refractivity contribution is 5.92. The summed E-state index contributed by atoms with van der Waals surface area (Å²) in [6, 6.07) is 22.5. The van der Waals surface area contributed by atoms with E-state index in [0.29, 0.717) is 12.2 Å². The van der Waals surface area contributed by atoms with E-state index in [4.69, 9.17) is 0 Å². The van der Waals surface area contributed by atoms with Crippen molar-refractivity contribution in [3.8, 4) is 0 Å². The van der Waals surface area contributed by atoms with Crippen molar-refractivity contribution in [2.24, 2.45) is 0 Å². The average molecular weight is 357 g/mol. The monoisotopic (exact) mass is 357 g/mol. The lowest BCUT2D eigenvalue weighted by Gasteiger charge is -2.28. The number of carbonyl (C=O) groups is 1. The number of pyridine rings is 1. The molecule has 0 saturated carbocycles. The number of hydrogen-bond donors (Lipinski definition) is 1. The molecule has 1 aliphatic heterocycles. The molecular formula is C23H23N3O. The summed E-state index contributed by atoms with van der Waals surface area (Å²) in [6.45, 7) is 2.24. The van der Waals surface area contributed by atoms with Crippen LogP contribution >= 0.6 is 0 Å². The zero-order valence-corrected chi connectivity index (χ0v) is 15.3. The molecule has 2 heterocycles. The Kier molecular flexibility index (Phi) is 5.15. The van der Waals surface area contributed by atoms with Crippen molar-refractivity contribution in [3.63, 3.8) is 0 Å². The van der Waals surface area contributed by atoms with Gasteiger partial charge < -0.3 is 10.2 Å². The van der Waals surface area contributed by atoms with Crippen LogP contribution < -0.4 is 5.32 Å². The number of benzene rings is 2. The van der Waals surface area contributed by atoms with Crippen molar-refractivity contribution in [2.75, 3.05) is 18.4 Å². The summed E-state index contributed by atoms with van der Waals surface area (Å²) in [6.07, 6.45) is 3.60. The molecule has 4 heteroatoms. The fourth-order valence-electron chi connectivity index (χ4n) is 3.45. The molecule has 0 atom stereocenters. The molecule has 0 saturated heterocycles. The first-order valence-corrected chi connectivity index (χ1v) is 9.39. The molecule has 0 fully saturated rings. The SMILES string of the molecule is O=C(c1ccc(NCCc2ccccc2)cn1)N1CCc2ccccc2C1. The molecule has 4 rings (SSSR count). The molecule has 1 N–H and O–H groups in total. The molecular weight excluding hydrogens is 334 g/mol. The van der Waals surface area contributed by atoms with Gasteiger partial charge in [-0.25, -0.2) is 4.98 Å². The highest BCUT2D eigenvalue weighted by Gasteiger charge is 2.22. The number of aromatic nitrogens is 1. The Hall–Kier alpha value is -3.14. The number of nitrogens with one attached hydrogen (secondary N) is 1. The van der Waals surface area contributed by atoms with Crippen LogP contribution in [-0.4, -0.2) is 28.9 Å². The van der Waals surface area contributed by atoms with Crippen molar-refractivity contribution in [3.05, 3.63) is 95.3 Å². The molecule has 2 aromatic carbocycles. The standard InChI is InChI=1S/C23H23N3O/c27-23(26-15-13-19-8-4-5-9-20(19)17-26)22-11-10-21(16-25-22)24-14-12-18-6-2-1-3-7-18/h1-11,16,24H,12-15,17H2. The van der Waals surface area contributed by atoms with Crippen LogP contribution in [0.5, 0.6) is 0 Å². The quantitative estimate of drug-likeness (QED) is 0.752. The van der Waals surface area contributed by atoms with Crippen molar-refractivity contribution in [1.82, 2.24) is 9.88 Å². The molecule has 3 aromatic rings. The summed E-state index contributed by atoms with van der Waals surface area (Å²) >= 11 is 0. The average Bonchev–Trinajstić information content (AvgIpc) is 2.74. The first-order chi connectivity index (χ1) is 13.3. The van der Waals surface area contributed by atoms with E-state index in [1.165, 1.54) is 16.7 Å². The van der Waals surface area contributed by atoms with Gasteiger partial charge in [-0.05, 0) is 41.7 Å². The van der Waals surface area contributed by atoms with Gasteiger partial charge in [0.25, 0.3) is 5.91 Å². The zero-order valence-electron chi connectivity index (χ0n) is 15.3. The van der Waals surface area contributed by atoms with E-state index < -0.39 is 0 Å². The maximum atomic E-state index is 12.8. The lowest BCUT2D eigenvalue weighted by molar-refractivity contribution is 0.0729. The third kappa shape index (κ3) is 4.17. The summed E-state index contributed by atoms with van der Waals surface area (Å²) < 4.78 is 0. The van der Waals surface area contributed by atoms with Crippen LogP contribution in [0, 0.1) is 0 Å². The van der Waals surface area contributed by atoms with E-state index in [0.717, 1.165) is 31.6 Å². The highest BCUT2D eigenvalue weighted by Crippen LogP contribution is 2.20. The first kappa shape index (κ1) is 17.3. The predicted molar refractivity (Wildman–Crippen MR) is 108 cm³/mol. The van der Waals surface area contributed by atoms with Gasteiger partial charge >= 0.3 is 0 Å². The van der Waals surface area contributed by atoms with Gasteiger partial charge in [-0.1, -0.05) is 54.6 Å². The molecule has 0 bridgehead atoms. The summed E-state index contributed by atoms with van der Waals surface area (Å²) in [5.41, 5.74) is 5.31. The molecule has 0 unspecified atom stereocenters. The number of anilines is 1. The van der Waals surface area contributed by atoms with Crippen molar-refractivity contribution in [1.29, 1.82) is 0 Å². The maximum Gasteiger partial charge on any atom is 0.272 e. The molecule has 0 radical (unpaired) electrons. The van der Waals surface area contributed by atoms with Gasteiger partial charge in [0.2, 0.25) is 0 Å². The third-order valence-corrected chi connectivity index (χ3v) is 4.99. The van der Waals surface area contributed by atoms with Gasteiger partial charge in [-0.3, -0.25) is 4.79 Å². The number of amides is 1. The van der Waals surface area contributed by atoms with Crippen LogP contribution in [0.15, 0.2) is 72.9 Å². The fourth-order valence-corrected chi connectivity index (χ4v) is 3.45. The second-order valence-corrected chi connectivity index (χ2v) is 6.84. The molecule has 27 heavy (non-hydrogen) atoms. The second-order valence-electron chi connectivity index (χ2n) is 6.84. The second kappa shape index (κ2) is 8.04. The van der Waals surface area contributed by atoms with Gasteiger partial charge in [0.1, 0.15) is 5.69 Å². The van der Waals surface area contributed by atoms with Crippen molar-refractivity contribution < 1.29 is 4.79 Å². The lowest BCUT2D eigenvalue weighted by atomic mass is 10.00. The topological polar surface area (TPSA) is 45.2 Å². The third-order valence-electron chi connectivity index (χ3n) is 4.99. The van der Waals surface area contributed by atoms with Crippen LogP contribution in [0.25, 0.3) is 0 Å². The first-order valence-electron chi connectivity index (χ1n) is 9.39. The minimum atomic E-state index is 0.000314. The Labute approximate surface area is 159 Å². The Morgan fingerprint density at radius 3 is 2.52 bits per heavy atom. The number of nitrogens with zero attached hydrogens (tertiary/aromatic N) is 2. The molecule has 1 aromatic heterocycles. The van der Waals surface area contributed by atoms with Gasteiger partial charge in [0.05, 0.1) is 11.9 Å². The van der Waals surface area contributed by atoms with Crippen molar-refractivity contribution >= 4 is 11.6 Å². The van der Waals surface area contributed by atoms with Crippen LogP contribution in [-0.2, 0) is 19.4 Å². The summed E-state index contributed by atoms with van der Waals surface area (Å²) in [4.78, 5) is 19.0.